The predicted octanol–water partition coefficient (Wildman–Crippen LogP) is 2.18. The van der Waals surface area contributed by atoms with Gasteiger partial charge < -0.3 is 0 Å². The second-order valence-corrected chi connectivity index (χ2v) is 8.00. The van der Waals surface area contributed by atoms with Crippen LogP contribution in [0.4, 0.5) is 0 Å². The third-order valence-corrected chi connectivity index (χ3v) is 7.22. The maximum absolute atomic E-state index is 4.50. The third kappa shape index (κ3) is 2.87. The largest absolute Gasteiger partial charge is 0.273 e. The normalized spacial score (nSPS) is 11.0. The molecule has 2 nitrogen and oxygen atoms in total. The lowest BCUT2D eigenvalue weighted by Crippen LogP contribution is -2.55. The van der Waals surface area contributed by atoms with E-state index in [9.17, 15) is 0 Å². The highest BCUT2D eigenvalue weighted by Gasteiger charge is 2.25. The summed E-state index contributed by atoms with van der Waals surface area (Å²) in [6, 6.07) is 21.5. The first-order valence-electron chi connectivity index (χ1n) is 7.00. The van der Waals surface area contributed by atoms with Crippen molar-refractivity contribution in [1.82, 2.24) is 9.78 Å². The minimum Gasteiger partial charge on any atom is -0.273 e. The molecule has 0 amide bonds. The molecule has 0 spiro atoms. The Morgan fingerprint density at radius 1 is 0.952 bits per heavy atom. The standard InChI is InChI=1S/C17H16BrN2Si/c1-2-20-17(16(18)13-19-20)21(14-9-5-3-6-10-14)15-11-7-4-8-12-15/h3-13H,2H2,1H3. The van der Waals surface area contributed by atoms with Crippen molar-refractivity contribution in [3.63, 3.8) is 0 Å². The number of aromatic nitrogens is 2. The number of hydrogen-bond acceptors (Lipinski definition) is 1. The lowest BCUT2D eigenvalue weighted by atomic mass is 10.4. The van der Waals surface area contributed by atoms with Crippen LogP contribution in [0, 0.1) is 0 Å². The minimum absolute atomic E-state index is 0.884. The fourth-order valence-corrected chi connectivity index (χ4v) is 6.10. The van der Waals surface area contributed by atoms with Gasteiger partial charge in [-0.15, -0.1) is 0 Å². The molecule has 0 aliphatic rings. The van der Waals surface area contributed by atoms with E-state index in [2.05, 4.69) is 93.3 Å². The molecular formula is C17H16BrN2Si. The van der Waals surface area contributed by atoms with E-state index in [0.29, 0.717) is 0 Å². The van der Waals surface area contributed by atoms with E-state index in [-0.39, 0.29) is 0 Å². The van der Waals surface area contributed by atoms with Crippen molar-refractivity contribution in [2.45, 2.75) is 13.5 Å². The molecule has 2 aromatic carbocycles. The van der Waals surface area contributed by atoms with Crippen molar-refractivity contribution < 1.29 is 0 Å². The summed E-state index contributed by atoms with van der Waals surface area (Å²) in [6.45, 7) is 3.02. The maximum atomic E-state index is 4.50. The predicted molar refractivity (Wildman–Crippen MR) is 93.1 cm³/mol. The molecule has 0 atom stereocenters. The Morgan fingerprint density at radius 3 is 1.95 bits per heavy atom. The summed E-state index contributed by atoms with van der Waals surface area (Å²) in [5.41, 5.74) is 0. The van der Waals surface area contributed by atoms with Crippen LogP contribution in [0.1, 0.15) is 6.92 Å². The summed E-state index contributed by atoms with van der Waals surface area (Å²) in [6.07, 6.45) is 1.91. The van der Waals surface area contributed by atoms with Gasteiger partial charge in [0.15, 0.2) is 8.80 Å². The summed E-state index contributed by atoms with van der Waals surface area (Å²) in [7, 11) is -1.05. The maximum Gasteiger partial charge on any atom is 0.180 e. The monoisotopic (exact) mass is 355 g/mol. The summed E-state index contributed by atoms with van der Waals surface area (Å²) in [4.78, 5) is 0. The van der Waals surface area contributed by atoms with Gasteiger partial charge in [-0.25, -0.2) is 0 Å². The Balaban J connectivity index is 2.20. The topological polar surface area (TPSA) is 17.8 Å². The van der Waals surface area contributed by atoms with Gasteiger partial charge >= 0.3 is 0 Å². The number of hydrogen-bond donors (Lipinski definition) is 0. The first-order valence-corrected chi connectivity index (χ1v) is 9.30. The first kappa shape index (κ1) is 14.3. The zero-order valence-electron chi connectivity index (χ0n) is 11.8. The zero-order chi connectivity index (χ0) is 14.7. The van der Waals surface area contributed by atoms with E-state index in [1.54, 1.807) is 0 Å². The van der Waals surface area contributed by atoms with E-state index < -0.39 is 8.80 Å². The summed E-state index contributed by atoms with van der Waals surface area (Å²) in [5, 5.41) is 8.57. The second kappa shape index (κ2) is 6.41. The van der Waals surface area contributed by atoms with Crippen molar-refractivity contribution in [2.75, 3.05) is 0 Å². The molecule has 3 aromatic rings. The molecule has 4 heteroatoms. The molecule has 3 rings (SSSR count). The highest BCUT2D eigenvalue weighted by molar-refractivity contribution is 9.10. The molecule has 0 aliphatic heterocycles. The number of benzene rings is 2. The Hall–Kier alpha value is -1.65. The van der Waals surface area contributed by atoms with E-state index in [4.69, 9.17) is 0 Å². The number of nitrogens with zero attached hydrogens (tertiary/aromatic N) is 2. The Kier molecular flexibility index (Phi) is 4.36. The van der Waals surface area contributed by atoms with Gasteiger partial charge in [-0.3, -0.25) is 4.68 Å². The molecule has 0 saturated heterocycles. The fourth-order valence-electron chi connectivity index (χ4n) is 2.50. The molecule has 21 heavy (non-hydrogen) atoms. The van der Waals surface area contributed by atoms with Crippen LogP contribution in [0.5, 0.6) is 0 Å². The van der Waals surface area contributed by atoms with Crippen LogP contribution in [0.3, 0.4) is 0 Å². The van der Waals surface area contributed by atoms with Gasteiger partial charge in [-0.05, 0) is 33.2 Å². The average Bonchev–Trinajstić information content (AvgIpc) is 2.91. The molecule has 0 bridgehead atoms. The van der Waals surface area contributed by atoms with Gasteiger partial charge in [0.2, 0.25) is 0 Å². The van der Waals surface area contributed by atoms with Gasteiger partial charge in [0.1, 0.15) is 0 Å². The van der Waals surface area contributed by atoms with Gasteiger partial charge in [-0.1, -0.05) is 60.7 Å². The van der Waals surface area contributed by atoms with Crippen LogP contribution >= 0.6 is 15.9 Å². The van der Waals surface area contributed by atoms with Crippen molar-refractivity contribution in [3.05, 3.63) is 71.3 Å². The number of aryl methyl sites for hydroxylation is 1. The van der Waals surface area contributed by atoms with Crippen LogP contribution < -0.4 is 15.7 Å². The van der Waals surface area contributed by atoms with Gasteiger partial charge in [0.25, 0.3) is 0 Å². The molecule has 1 radical (unpaired) electrons. The third-order valence-electron chi connectivity index (χ3n) is 3.46. The highest BCUT2D eigenvalue weighted by atomic mass is 79.9. The quantitative estimate of drug-likeness (QED) is 0.656. The Bertz CT molecular complexity index is 671. The van der Waals surface area contributed by atoms with Crippen LogP contribution in [-0.4, -0.2) is 18.6 Å². The molecule has 105 valence electrons. The summed E-state index contributed by atoms with van der Waals surface area (Å²) >= 11 is 3.70. The molecule has 0 saturated carbocycles. The van der Waals surface area contributed by atoms with Crippen LogP contribution in [0.15, 0.2) is 71.3 Å². The van der Waals surface area contributed by atoms with Crippen molar-refractivity contribution in [3.8, 4) is 0 Å². The SMILES string of the molecule is CCn1ncc(Br)c1[Si](c1ccccc1)c1ccccc1. The van der Waals surface area contributed by atoms with E-state index in [1.165, 1.54) is 15.7 Å². The molecular weight excluding hydrogens is 340 g/mol. The first-order chi connectivity index (χ1) is 10.3. The van der Waals surface area contributed by atoms with Crippen LogP contribution in [0.25, 0.3) is 0 Å². The zero-order valence-corrected chi connectivity index (χ0v) is 14.4. The van der Waals surface area contributed by atoms with E-state index in [0.717, 1.165) is 11.0 Å². The number of rotatable bonds is 4. The van der Waals surface area contributed by atoms with Crippen molar-refractivity contribution in [2.24, 2.45) is 0 Å². The Morgan fingerprint density at radius 2 is 1.48 bits per heavy atom. The van der Waals surface area contributed by atoms with Gasteiger partial charge in [0, 0.05) is 11.9 Å². The molecule has 1 heterocycles. The smallest absolute Gasteiger partial charge is 0.180 e. The van der Waals surface area contributed by atoms with Crippen molar-refractivity contribution >= 4 is 40.4 Å². The highest BCUT2D eigenvalue weighted by Crippen LogP contribution is 2.07. The average molecular weight is 356 g/mol. The molecule has 0 unspecified atom stereocenters. The minimum atomic E-state index is -1.05. The van der Waals surface area contributed by atoms with E-state index >= 15 is 0 Å². The number of halogens is 1. The van der Waals surface area contributed by atoms with Crippen LogP contribution in [0.2, 0.25) is 0 Å². The fraction of sp³-hybridized carbons (Fsp3) is 0.118. The lowest BCUT2D eigenvalue weighted by molar-refractivity contribution is 0.676. The van der Waals surface area contributed by atoms with E-state index in [1.807, 2.05) is 6.20 Å². The van der Waals surface area contributed by atoms with Crippen LogP contribution in [-0.2, 0) is 6.54 Å². The molecule has 0 N–H and O–H groups in total. The summed E-state index contributed by atoms with van der Waals surface area (Å²) < 4.78 is 3.21. The van der Waals surface area contributed by atoms with Gasteiger partial charge in [-0.2, -0.15) is 5.10 Å². The van der Waals surface area contributed by atoms with Gasteiger partial charge in [0.05, 0.1) is 10.7 Å². The Labute approximate surface area is 135 Å². The molecule has 1 aromatic heterocycles. The lowest BCUT2D eigenvalue weighted by Gasteiger charge is -2.18. The molecule has 0 aliphatic carbocycles. The van der Waals surface area contributed by atoms with Crippen molar-refractivity contribution in [1.29, 1.82) is 0 Å². The second-order valence-electron chi connectivity index (χ2n) is 4.76. The molecule has 0 fully saturated rings. The summed E-state index contributed by atoms with van der Waals surface area (Å²) in [5.74, 6) is 0.